The molecule has 1 aromatic heterocycles. The summed E-state index contributed by atoms with van der Waals surface area (Å²) in [6.07, 6.45) is 2.01. The van der Waals surface area contributed by atoms with Crippen LogP contribution in [0.5, 0.6) is 5.75 Å². The fourth-order valence-electron chi connectivity index (χ4n) is 3.16. The molecule has 0 atom stereocenters. The van der Waals surface area contributed by atoms with E-state index in [1.54, 1.807) is 31.4 Å². The van der Waals surface area contributed by atoms with Crippen LogP contribution in [0.3, 0.4) is 0 Å². The molecule has 1 aliphatic rings. The molecule has 154 valence electrons. The lowest BCUT2D eigenvalue weighted by Crippen LogP contribution is -2.35. The lowest BCUT2D eigenvalue weighted by Gasteiger charge is -2.22. The van der Waals surface area contributed by atoms with Gasteiger partial charge in [0.25, 0.3) is 0 Å². The molecule has 9 nitrogen and oxygen atoms in total. The summed E-state index contributed by atoms with van der Waals surface area (Å²) in [5.41, 5.74) is 7.39. The van der Waals surface area contributed by atoms with E-state index < -0.39 is 5.91 Å². The van der Waals surface area contributed by atoms with E-state index >= 15 is 0 Å². The van der Waals surface area contributed by atoms with E-state index in [2.05, 4.69) is 15.4 Å². The second kappa shape index (κ2) is 8.32. The van der Waals surface area contributed by atoms with E-state index in [9.17, 15) is 9.59 Å². The monoisotopic (exact) mass is 406 g/mol. The van der Waals surface area contributed by atoms with Crippen LogP contribution in [-0.4, -0.2) is 50.1 Å². The molecule has 1 heterocycles. The third-order valence-corrected chi connectivity index (χ3v) is 4.98. The molecular weight excluding hydrogens is 384 g/mol. The number of nitrogens with two attached hydrogens (primary N) is 1. The highest BCUT2D eigenvalue weighted by Gasteiger charge is 2.32. The second-order valence-corrected chi connectivity index (χ2v) is 7.19. The lowest BCUT2D eigenvalue weighted by molar-refractivity contribution is -0.133. The predicted octanol–water partition coefficient (Wildman–Crippen LogP) is 1.64. The first-order valence-corrected chi connectivity index (χ1v) is 9.64. The number of benzene rings is 2. The number of ether oxygens (including phenoxy) is 1. The molecule has 0 saturated heterocycles. The molecule has 0 bridgehead atoms. The van der Waals surface area contributed by atoms with E-state index in [1.165, 1.54) is 4.80 Å². The van der Waals surface area contributed by atoms with Crippen LogP contribution in [-0.2, 0) is 17.9 Å². The van der Waals surface area contributed by atoms with E-state index in [0.717, 1.165) is 24.2 Å². The largest absolute Gasteiger partial charge is 0.497 e. The minimum absolute atomic E-state index is 0.0129. The molecule has 4 rings (SSSR count). The van der Waals surface area contributed by atoms with E-state index in [1.807, 2.05) is 29.2 Å². The zero-order chi connectivity index (χ0) is 21.1. The zero-order valence-electron chi connectivity index (χ0n) is 16.6. The van der Waals surface area contributed by atoms with Gasteiger partial charge in [0.15, 0.2) is 0 Å². The van der Waals surface area contributed by atoms with Crippen LogP contribution in [0, 0.1) is 0 Å². The Bertz CT molecular complexity index is 1040. The topological polar surface area (TPSA) is 116 Å². The second-order valence-electron chi connectivity index (χ2n) is 7.19. The summed E-state index contributed by atoms with van der Waals surface area (Å²) in [6.45, 7) is 0.544. The van der Waals surface area contributed by atoms with Crippen molar-refractivity contribution < 1.29 is 14.3 Å². The number of carbonyl (C=O) groups is 2. The maximum Gasteiger partial charge on any atom is 0.248 e. The Morgan fingerprint density at radius 2 is 1.83 bits per heavy atom. The van der Waals surface area contributed by atoms with Crippen molar-refractivity contribution in [2.45, 2.75) is 32.0 Å². The normalized spacial score (nSPS) is 13.1. The van der Waals surface area contributed by atoms with Gasteiger partial charge < -0.3 is 15.4 Å². The molecule has 2 amide bonds. The molecule has 30 heavy (non-hydrogen) atoms. The van der Waals surface area contributed by atoms with Crippen molar-refractivity contribution in [3.05, 3.63) is 59.7 Å². The van der Waals surface area contributed by atoms with Crippen LogP contribution >= 0.6 is 0 Å². The highest BCUT2D eigenvalue weighted by atomic mass is 16.5. The van der Waals surface area contributed by atoms with Gasteiger partial charge in [0, 0.05) is 23.7 Å². The summed E-state index contributed by atoms with van der Waals surface area (Å²) >= 11 is 0. The van der Waals surface area contributed by atoms with Crippen LogP contribution in [0.15, 0.2) is 48.5 Å². The van der Waals surface area contributed by atoms with E-state index in [4.69, 9.17) is 10.5 Å². The molecule has 1 fully saturated rings. The Labute approximate surface area is 173 Å². The van der Waals surface area contributed by atoms with Crippen molar-refractivity contribution in [2.24, 2.45) is 5.73 Å². The maximum absolute atomic E-state index is 12.9. The molecule has 9 heteroatoms. The Balaban J connectivity index is 1.43. The minimum atomic E-state index is -0.499. The van der Waals surface area contributed by atoms with Gasteiger partial charge >= 0.3 is 0 Å². The van der Waals surface area contributed by atoms with Crippen LogP contribution in [0.1, 0.15) is 28.8 Å². The Hall–Kier alpha value is -3.75. The molecule has 2 N–H and O–H groups in total. The van der Waals surface area contributed by atoms with Crippen LogP contribution in [0.25, 0.3) is 11.4 Å². The first-order chi connectivity index (χ1) is 14.5. The fraction of sp³-hybridized carbons (Fsp3) is 0.286. The summed E-state index contributed by atoms with van der Waals surface area (Å²) < 4.78 is 5.19. The molecule has 1 aliphatic carbocycles. The average molecular weight is 406 g/mol. The van der Waals surface area contributed by atoms with Crippen molar-refractivity contribution in [3.8, 4) is 17.1 Å². The molecule has 0 radical (unpaired) electrons. The van der Waals surface area contributed by atoms with E-state index in [0.29, 0.717) is 23.5 Å². The Kier molecular flexibility index (Phi) is 5.42. The highest BCUT2D eigenvalue weighted by molar-refractivity contribution is 5.93. The summed E-state index contributed by atoms with van der Waals surface area (Å²) in [4.78, 5) is 27.3. The number of hydrogen-bond donors (Lipinski definition) is 1. The van der Waals surface area contributed by atoms with Crippen molar-refractivity contribution in [3.63, 3.8) is 0 Å². The molecule has 1 saturated carbocycles. The number of tetrazole rings is 1. The first-order valence-electron chi connectivity index (χ1n) is 9.64. The van der Waals surface area contributed by atoms with Crippen molar-refractivity contribution in [1.82, 2.24) is 25.1 Å². The number of nitrogens with zero attached hydrogens (tertiary/aromatic N) is 5. The molecule has 3 aromatic rings. The van der Waals surface area contributed by atoms with Crippen LogP contribution in [0.2, 0.25) is 0 Å². The summed E-state index contributed by atoms with van der Waals surface area (Å²) in [7, 11) is 1.63. The van der Waals surface area contributed by atoms with Gasteiger partial charge in [0.2, 0.25) is 17.6 Å². The van der Waals surface area contributed by atoms with Crippen molar-refractivity contribution >= 4 is 11.8 Å². The number of carbonyl (C=O) groups excluding carboxylic acids is 2. The molecule has 0 spiro atoms. The van der Waals surface area contributed by atoms with E-state index in [-0.39, 0.29) is 18.5 Å². The SMILES string of the molecule is COc1ccc(CN(C(=O)Cn2nnc(-c3ccc(C(N)=O)cc3)n2)C2CC2)cc1. The first kappa shape index (κ1) is 19.6. The molecule has 0 aliphatic heterocycles. The average Bonchev–Trinajstić information content (AvgIpc) is 3.50. The third-order valence-electron chi connectivity index (χ3n) is 4.98. The van der Waals surface area contributed by atoms with Gasteiger partial charge in [-0.25, -0.2) is 0 Å². The van der Waals surface area contributed by atoms with Crippen molar-refractivity contribution in [1.29, 1.82) is 0 Å². The number of hydrogen-bond acceptors (Lipinski definition) is 6. The summed E-state index contributed by atoms with van der Waals surface area (Å²) in [5, 5.41) is 12.3. The van der Waals surface area contributed by atoms with Crippen molar-refractivity contribution in [2.75, 3.05) is 7.11 Å². The highest BCUT2D eigenvalue weighted by Crippen LogP contribution is 2.29. The number of amides is 2. The number of rotatable bonds is 8. The number of methoxy groups -OCH3 is 1. The Morgan fingerprint density at radius 3 is 2.43 bits per heavy atom. The minimum Gasteiger partial charge on any atom is -0.497 e. The number of aromatic nitrogens is 4. The fourth-order valence-corrected chi connectivity index (χ4v) is 3.16. The predicted molar refractivity (Wildman–Crippen MR) is 108 cm³/mol. The molecular formula is C21H22N6O3. The van der Waals surface area contributed by atoms with Crippen LogP contribution in [0.4, 0.5) is 0 Å². The van der Waals surface area contributed by atoms with Gasteiger partial charge in [-0.05, 0) is 47.9 Å². The van der Waals surface area contributed by atoms with Gasteiger partial charge in [-0.3, -0.25) is 9.59 Å². The third kappa shape index (κ3) is 4.45. The van der Waals surface area contributed by atoms with Crippen LogP contribution < -0.4 is 10.5 Å². The Morgan fingerprint density at radius 1 is 1.13 bits per heavy atom. The maximum atomic E-state index is 12.9. The van der Waals surface area contributed by atoms with Gasteiger partial charge in [0.05, 0.1) is 7.11 Å². The lowest BCUT2D eigenvalue weighted by atomic mass is 10.1. The number of primary amides is 1. The molecule has 0 unspecified atom stereocenters. The van der Waals surface area contributed by atoms with Gasteiger partial charge in [-0.15, -0.1) is 10.2 Å². The van der Waals surface area contributed by atoms with Gasteiger partial charge in [-0.1, -0.05) is 24.3 Å². The molecule has 2 aromatic carbocycles. The summed E-state index contributed by atoms with van der Waals surface area (Å²) in [6, 6.07) is 14.6. The van der Waals surface area contributed by atoms with Gasteiger partial charge in [0.1, 0.15) is 12.3 Å². The smallest absolute Gasteiger partial charge is 0.248 e. The zero-order valence-corrected chi connectivity index (χ0v) is 16.6. The summed E-state index contributed by atoms with van der Waals surface area (Å²) in [5.74, 6) is 0.611. The standard InChI is InChI=1S/C21H22N6O3/c1-30-18-10-2-14(3-11-18)12-26(17-8-9-17)19(28)13-27-24-21(23-25-27)16-6-4-15(5-7-16)20(22)29/h2-7,10-11,17H,8-9,12-13H2,1H3,(H2,22,29). The quantitative estimate of drug-likeness (QED) is 0.608. The van der Waals surface area contributed by atoms with Gasteiger partial charge in [-0.2, -0.15) is 4.80 Å².